The number of β-amino-alcohol motifs (C(OH)–C–C–N with tert-alkyl or cyclic N) is 1. The third kappa shape index (κ3) is 3.42. The molecule has 146 valence electrons. The zero-order valence-electron chi connectivity index (χ0n) is 16.1. The third-order valence-corrected chi connectivity index (χ3v) is 7.74. The van der Waals surface area contributed by atoms with E-state index in [9.17, 15) is 9.90 Å². The zero-order valence-corrected chi connectivity index (χ0v) is 16.1. The molecule has 1 aromatic rings. The number of hydrogen-bond donors (Lipinski definition) is 2. The van der Waals surface area contributed by atoms with E-state index in [1.807, 2.05) is 30.3 Å². The summed E-state index contributed by atoms with van der Waals surface area (Å²) in [5.74, 6) is 2.77. The Labute approximate surface area is 162 Å². The van der Waals surface area contributed by atoms with Crippen LogP contribution in [-0.4, -0.2) is 41.6 Å². The van der Waals surface area contributed by atoms with Crippen molar-refractivity contribution in [3.63, 3.8) is 0 Å². The Hall–Kier alpha value is -1.39. The van der Waals surface area contributed by atoms with Gasteiger partial charge in [-0.05, 0) is 68.3 Å². The predicted octanol–water partition coefficient (Wildman–Crippen LogP) is 3.13. The van der Waals surface area contributed by atoms with Gasteiger partial charge in [0.1, 0.15) is 0 Å². The molecule has 27 heavy (non-hydrogen) atoms. The summed E-state index contributed by atoms with van der Waals surface area (Å²) < 4.78 is 0. The zero-order chi connectivity index (χ0) is 18.4. The second kappa shape index (κ2) is 6.89. The van der Waals surface area contributed by atoms with Gasteiger partial charge in [-0.2, -0.15) is 0 Å². The van der Waals surface area contributed by atoms with Crippen LogP contribution in [-0.2, 0) is 4.79 Å². The first-order valence-corrected chi connectivity index (χ1v) is 10.9. The molecule has 0 radical (unpaired) electrons. The summed E-state index contributed by atoms with van der Waals surface area (Å²) in [4.78, 5) is 15.5. The summed E-state index contributed by atoms with van der Waals surface area (Å²) in [5, 5.41) is 13.9. The van der Waals surface area contributed by atoms with Crippen LogP contribution in [0.1, 0.15) is 56.6 Å². The second-order valence-corrected chi connectivity index (χ2v) is 9.84. The lowest BCUT2D eigenvalue weighted by molar-refractivity contribution is -0.146. The van der Waals surface area contributed by atoms with Crippen LogP contribution in [0.5, 0.6) is 0 Å². The minimum Gasteiger partial charge on any atom is -0.387 e. The maximum absolute atomic E-state index is 13.2. The van der Waals surface area contributed by atoms with Crippen molar-refractivity contribution in [2.45, 2.75) is 57.1 Å². The SMILES string of the molecule is O=C(N[C@H]1CCN(C[C@@H](O)c2ccccc2)C1)C12CC3CC(CC(C3)C1)C2. The van der Waals surface area contributed by atoms with E-state index in [0.717, 1.165) is 62.1 Å². The number of aliphatic hydroxyl groups excluding tert-OH is 1. The minimum absolute atomic E-state index is 0.0499. The smallest absolute Gasteiger partial charge is 0.226 e. The molecule has 1 aliphatic heterocycles. The van der Waals surface area contributed by atoms with Crippen molar-refractivity contribution in [2.24, 2.45) is 23.2 Å². The Bertz CT molecular complexity index is 654. The number of aliphatic hydroxyl groups is 1. The molecule has 0 spiro atoms. The lowest BCUT2D eigenvalue weighted by atomic mass is 9.49. The molecule has 4 aliphatic carbocycles. The fraction of sp³-hybridized carbons (Fsp3) is 0.696. The third-order valence-electron chi connectivity index (χ3n) is 7.74. The number of amides is 1. The number of carbonyl (C=O) groups is 1. The second-order valence-electron chi connectivity index (χ2n) is 9.84. The summed E-state index contributed by atoms with van der Waals surface area (Å²) >= 11 is 0. The highest BCUT2D eigenvalue weighted by Crippen LogP contribution is 2.60. The lowest BCUT2D eigenvalue weighted by Gasteiger charge is -2.55. The van der Waals surface area contributed by atoms with Crippen molar-refractivity contribution >= 4 is 5.91 Å². The predicted molar refractivity (Wildman–Crippen MR) is 105 cm³/mol. The summed E-state index contributed by atoms with van der Waals surface area (Å²) in [6, 6.07) is 10.1. The molecule has 4 heteroatoms. The first-order chi connectivity index (χ1) is 13.1. The average molecular weight is 369 g/mol. The van der Waals surface area contributed by atoms with Gasteiger partial charge in [-0.25, -0.2) is 0 Å². The fourth-order valence-electron chi connectivity index (χ4n) is 6.87. The maximum Gasteiger partial charge on any atom is 0.226 e. The summed E-state index contributed by atoms with van der Waals surface area (Å²) in [7, 11) is 0. The Balaban J connectivity index is 1.16. The van der Waals surface area contributed by atoms with Crippen molar-refractivity contribution in [3.8, 4) is 0 Å². The Kier molecular flexibility index (Phi) is 4.52. The Morgan fingerprint density at radius 3 is 2.37 bits per heavy atom. The summed E-state index contributed by atoms with van der Waals surface area (Å²) in [6.45, 7) is 2.46. The van der Waals surface area contributed by atoms with E-state index >= 15 is 0 Å². The molecule has 1 saturated heterocycles. The number of nitrogens with zero attached hydrogens (tertiary/aromatic N) is 1. The van der Waals surface area contributed by atoms with Crippen LogP contribution in [0.15, 0.2) is 30.3 Å². The fourth-order valence-corrected chi connectivity index (χ4v) is 6.87. The first-order valence-electron chi connectivity index (χ1n) is 10.9. The summed E-state index contributed by atoms with van der Waals surface area (Å²) in [5.41, 5.74) is 0.921. The Morgan fingerprint density at radius 1 is 1.11 bits per heavy atom. The first kappa shape index (κ1) is 17.7. The van der Waals surface area contributed by atoms with E-state index < -0.39 is 6.10 Å². The van der Waals surface area contributed by atoms with E-state index in [-0.39, 0.29) is 11.5 Å². The van der Waals surface area contributed by atoms with Crippen molar-refractivity contribution in [2.75, 3.05) is 19.6 Å². The van der Waals surface area contributed by atoms with E-state index in [2.05, 4.69) is 10.2 Å². The van der Waals surface area contributed by atoms with Gasteiger partial charge < -0.3 is 10.4 Å². The number of likely N-dealkylation sites (tertiary alicyclic amines) is 1. The van der Waals surface area contributed by atoms with E-state index in [1.54, 1.807) is 0 Å². The molecule has 4 nitrogen and oxygen atoms in total. The normalized spacial score (nSPS) is 38.9. The maximum atomic E-state index is 13.2. The topological polar surface area (TPSA) is 52.6 Å². The highest BCUT2D eigenvalue weighted by atomic mass is 16.3. The van der Waals surface area contributed by atoms with Crippen molar-refractivity contribution in [1.29, 1.82) is 0 Å². The van der Waals surface area contributed by atoms with Crippen LogP contribution in [0.2, 0.25) is 0 Å². The van der Waals surface area contributed by atoms with Crippen LogP contribution in [0.25, 0.3) is 0 Å². The van der Waals surface area contributed by atoms with Crippen LogP contribution in [0.4, 0.5) is 0 Å². The molecule has 4 bridgehead atoms. The molecule has 5 fully saturated rings. The van der Waals surface area contributed by atoms with Gasteiger partial charge in [0.05, 0.1) is 6.10 Å². The minimum atomic E-state index is -0.455. The molecular weight excluding hydrogens is 336 g/mol. The van der Waals surface area contributed by atoms with Gasteiger partial charge in [0.25, 0.3) is 0 Å². The molecule has 1 amide bonds. The molecular formula is C23H32N2O2. The number of carbonyl (C=O) groups excluding carboxylic acids is 1. The molecule has 4 saturated carbocycles. The standard InChI is InChI=1S/C23H32N2O2/c26-21(19-4-2-1-3-5-19)15-25-7-6-20(14-25)24-22(27)23-11-16-8-17(12-23)10-18(9-16)13-23/h1-5,16-18,20-21,26H,6-15H2,(H,24,27)/t16?,17?,18?,20-,21+,23?/m0/s1. The highest BCUT2D eigenvalue weighted by Gasteiger charge is 2.54. The number of hydrogen-bond acceptors (Lipinski definition) is 3. The quantitative estimate of drug-likeness (QED) is 0.840. The molecule has 1 heterocycles. The van der Waals surface area contributed by atoms with Crippen molar-refractivity contribution in [3.05, 3.63) is 35.9 Å². The summed E-state index contributed by atoms with van der Waals surface area (Å²) in [6.07, 6.45) is 8.07. The van der Waals surface area contributed by atoms with Gasteiger partial charge in [0.2, 0.25) is 5.91 Å². The van der Waals surface area contributed by atoms with Gasteiger partial charge in [-0.15, -0.1) is 0 Å². The number of rotatable bonds is 5. The van der Waals surface area contributed by atoms with Crippen molar-refractivity contribution < 1.29 is 9.90 Å². The van der Waals surface area contributed by atoms with E-state index in [1.165, 1.54) is 19.3 Å². The van der Waals surface area contributed by atoms with Gasteiger partial charge >= 0.3 is 0 Å². The monoisotopic (exact) mass is 368 g/mol. The van der Waals surface area contributed by atoms with Gasteiger partial charge in [0, 0.05) is 31.1 Å². The van der Waals surface area contributed by atoms with Gasteiger partial charge in [-0.3, -0.25) is 9.69 Å². The van der Waals surface area contributed by atoms with Gasteiger partial charge in [0.15, 0.2) is 0 Å². The van der Waals surface area contributed by atoms with E-state index in [0.29, 0.717) is 12.5 Å². The number of benzene rings is 1. The van der Waals surface area contributed by atoms with Gasteiger partial charge in [-0.1, -0.05) is 30.3 Å². The molecule has 6 rings (SSSR count). The molecule has 0 aromatic heterocycles. The van der Waals surface area contributed by atoms with E-state index in [4.69, 9.17) is 0 Å². The van der Waals surface area contributed by atoms with Crippen molar-refractivity contribution in [1.82, 2.24) is 10.2 Å². The molecule has 5 aliphatic rings. The Morgan fingerprint density at radius 2 is 1.74 bits per heavy atom. The highest BCUT2D eigenvalue weighted by molar-refractivity contribution is 5.83. The average Bonchev–Trinajstić information content (AvgIpc) is 3.08. The number of nitrogens with one attached hydrogen (secondary N) is 1. The lowest BCUT2D eigenvalue weighted by Crippen LogP contribution is -2.55. The van der Waals surface area contributed by atoms with Crippen LogP contribution >= 0.6 is 0 Å². The largest absolute Gasteiger partial charge is 0.387 e. The molecule has 0 unspecified atom stereocenters. The van der Waals surface area contributed by atoms with Crippen LogP contribution in [0, 0.1) is 23.2 Å². The molecule has 1 aromatic carbocycles. The van der Waals surface area contributed by atoms with Crippen LogP contribution < -0.4 is 5.32 Å². The molecule has 2 N–H and O–H groups in total. The van der Waals surface area contributed by atoms with Crippen LogP contribution in [0.3, 0.4) is 0 Å². The molecule has 2 atom stereocenters.